The van der Waals surface area contributed by atoms with Crippen LogP contribution in [0.1, 0.15) is 10.4 Å². The van der Waals surface area contributed by atoms with Gasteiger partial charge < -0.3 is 16.4 Å². The fraction of sp³-hybridized carbons (Fsp3) is 0.200. The topological polar surface area (TPSA) is 127 Å². The van der Waals surface area contributed by atoms with Gasteiger partial charge in [-0.1, -0.05) is 0 Å². The molecule has 0 fully saturated rings. The highest BCUT2D eigenvalue weighted by Gasteiger charge is 2.16. The molecule has 8 nitrogen and oxygen atoms in total. The summed E-state index contributed by atoms with van der Waals surface area (Å²) in [6.07, 6.45) is 0. The van der Waals surface area contributed by atoms with Crippen LogP contribution in [-0.4, -0.2) is 30.3 Å². The summed E-state index contributed by atoms with van der Waals surface area (Å²) >= 11 is 0. The van der Waals surface area contributed by atoms with Crippen LogP contribution >= 0.6 is 0 Å². The quantitative estimate of drug-likeness (QED) is 0.496. The third kappa shape index (κ3) is 3.17. The summed E-state index contributed by atoms with van der Waals surface area (Å²) in [5.74, 6) is -1.30. The van der Waals surface area contributed by atoms with Crippen LogP contribution in [-0.2, 0) is 4.79 Å². The Hall–Kier alpha value is -2.64. The van der Waals surface area contributed by atoms with E-state index in [1.807, 2.05) is 0 Å². The molecule has 0 saturated heterocycles. The first-order chi connectivity index (χ1) is 8.45. The number of benzene rings is 1. The highest BCUT2D eigenvalue weighted by Crippen LogP contribution is 2.21. The lowest BCUT2D eigenvalue weighted by Crippen LogP contribution is -2.33. The molecule has 18 heavy (non-hydrogen) atoms. The van der Waals surface area contributed by atoms with Crippen molar-refractivity contribution < 1.29 is 14.5 Å². The minimum Gasteiger partial charge on any atom is -0.387 e. The van der Waals surface area contributed by atoms with Gasteiger partial charge in [-0.25, -0.2) is 0 Å². The molecule has 0 bridgehead atoms. The van der Waals surface area contributed by atoms with E-state index in [0.717, 1.165) is 6.07 Å². The van der Waals surface area contributed by atoms with Crippen molar-refractivity contribution >= 4 is 23.2 Å². The van der Waals surface area contributed by atoms with Crippen LogP contribution in [0.4, 0.5) is 11.4 Å². The average Bonchev–Trinajstić information content (AvgIpc) is 2.34. The molecule has 0 unspecified atom stereocenters. The summed E-state index contributed by atoms with van der Waals surface area (Å²) < 4.78 is 0. The molecule has 0 aliphatic heterocycles. The number of non-ortho nitro benzene ring substituents is 1. The van der Waals surface area contributed by atoms with E-state index in [1.165, 1.54) is 12.1 Å². The second kappa shape index (κ2) is 5.62. The fourth-order valence-corrected chi connectivity index (χ4v) is 1.31. The first kappa shape index (κ1) is 13.4. The standard InChI is InChI=1S/C10H12N4O4/c1-12-8-3-2-6(14(17)18)4-7(8)10(16)13-5-9(11)15/h2-4,12H,5H2,1H3,(H2,11,15)(H,13,16). The Bertz CT molecular complexity index is 501. The van der Waals surface area contributed by atoms with Gasteiger partial charge in [-0.3, -0.25) is 19.7 Å². The highest BCUT2D eigenvalue weighted by molar-refractivity contribution is 6.01. The summed E-state index contributed by atoms with van der Waals surface area (Å²) in [6.45, 7) is -0.329. The SMILES string of the molecule is CNc1ccc([N+](=O)[O-])cc1C(=O)NCC(N)=O. The number of rotatable bonds is 5. The predicted octanol–water partition coefficient (Wildman–Crippen LogP) is -0.148. The number of nitrogens with zero attached hydrogens (tertiary/aromatic N) is 1. The van der Waals surface area contributed by atoms with Crippen LogP contribution in [0.2, 0.25) is 0 Å². The number of hydrogen-bond acceptors (Lipinski definition) is 5. The van der Waals surface area contributed by atoms with E-state index in [9.17, 15) is 19.7 Å². The lowest BCUT2D eigenvalue weighted by atomic mass is 10.1. The first-order valence-electron chi connectivity index (χ1n) is 4.98. The monoisotopic (exact) mass is 252 g/mol. The number of nitrogens with two attached hydrogens (primary N) is 1. The van der Waals surface area contributed by atoms with Crippen LogP contribution in [0.25, 0.3) is 0 Å². The molecule has 0 radical (unpaired) electrons. The molecule has 96 valence electrons. The van der Waals surface area contributed by atoms with E-state index in [4.69, 9.17) is 5.73 Å². The van der Waals surface area contributed by atoms with Gasteiger partial charge in [0, 0.05) is 24.9 Å². The number of nitro groups is 1. The van der Waals surface area contributed by atoms with Gasteiger partial charge in [0.05, 0.1) is 17.0 Å². The van der Waals surface area contributed by atoms with Crippen LogP contribution < -0.4 is 16.4 Å². The zero-order valence-corrected chi connectivity index (χ0v) is 9.60. The number of primary amides is 1. The highest BCUT2D eigenvalue weighted by atomic mass is 16.6. The molecule has 4 N–H and O–H groups in total. The third-order valence-corrected chi connectivity index (χ3v) is 2.15. The molecule has 0 spiro atoms. The van der Waals surface area contributed by atoms with Crippen molar-refractivity contribution in [2.75, 3.05) is 18.9 Å². The average molecular weight is 252 g/mol. The van der Waals surface area contributed by atoms with Crippen molar-refractivity contribution in [1.29, 1.82) is 0 Å². The molecule has 0 aromatic heterocycles. The Balaban J connectivity index is 3.03. The molecule has 8 heteroatoms. The lowest BCUT2D eigenvalue weighted by Gasteiger charge is -2.08. The van der Waals surface area contributed by atoms with Gasteiger partial charge in [-0.15, -0.1) is 0 Å². The van der Waals surface area contributed by atoms with Crippen molar-refractivity contribution in [3.05, 3.63) is 33.9 Å². The van der Waals surface area contributed by atoms with Gasteiger partial charge in [0.2, 0.25) is 5.91 Å². The third-order valence-electron chi connectivity index (χ3n) is 2.15. The maximum atomic E-state index is 11.7. The fourth-order valence-electron chi connectivity index (χ4n) is 1.31. The number of carbonyl (C=O) groups excluding carboxylic acids is 2. The van der Waals surface area contributed by atoms with Crippen molar-refractivity contribution in [3.8, 4) is 0 Å². The maximum absolute atomic E-state index is 11.7. The Morgan fingerprint density at radius 1 is 1.44 bits per heavy atom. The zero-order valence-electron chi connectivity index (χ0n) is 9.60. The van der Waals surface area contributed by atoms with Crippen LogP contribution in [0, 0.1) is 10.1 Å². The molecule has 2 amide bonds. The van der Waals surface area contributed by atoms with Crippen LogP contribution in [0.15, 0.2) is 18.2 Å². The summed E-state index contributed by atoms with van der Waals surface area (Å²) in [5.41, 5.74) is 5.18. The summed E-state index contributed by atoms with van der Waals surface area (Å²) in [4.78, 5) is 32.3. The molecule has 1 aromatic carbocycles. The number of anilines is 1. The van der Waals surface area contributed by atoms with E-state index in [2.05, 4.69) is 10.6 Å². The van der Waals surface area contributed by atoms with E-state index in [1.54, 1.807) is 7.05 Å². The molecule has 0 atom stereocenters. The normalized spacial score (nSPS) is 9.61. The van der Waals surface area contributed by atoms with Gasteiger partial charge in [0.1, 0.15) is 0 Å². The number of amides is 2. The van der Waals surface area contributed by atoms with Crippen molar-refractivity contribution in [2.24, 2.45) is 5.73 Å². The number of nitrogens with one attached hydrogen (secondary N) is 2. The Kier molecular flexibility index (Phi) is 4.19. The predicted molar refractivity (Wildman–Crippen MR) is 64.2 cm³/mol. The summed E-state index contributed by atoms with van der Waals surface area (Å²) in [7, 11) is 1.58. The van der Waals surface area contributed by atoms with E-state index < -0.39 is 16.7 Å². The second-order valence-corrected chi connectivity index (χ2v) is 3.39. The summed E-state index contributed by atoms with van der Waals surface area (Å²) in [5, 5.41) is 15.6. The summed E-state index contributed by atoms with van der Waals surface area (Å²) in [6, 6.07) is 3.82. The molecule has 0 heterocycles. The maximum Gasteiger partial charge on any atom is 0.270 e. The molecular formula is C10H12N4O4. The molecular weight excluding hydrogens is 240 g/mol. The van der Waals surface area contributed by atoms with Crippen molar-refractivity contribution in [3.63, 3.8) is 0 Å². The first-order valence-corrected chi connectivity index (χ1v) is 4.98. The Morgan fingerprint density at radius 3 is 2.61 bits per heavy atom. The van der Waals surface area contributed by atoms with Gasteiger partial charge in [0.25, 0.3) is 11.6 Å². The minimum absolute atomic E-state index is 0.0768. The lowest BCUT2D eigenvalue weighted by molar-refractivity contribution is -0.384. The number of carbonyl (C=O) groups is 2. The molecule has 0 saturated carbocycles. The Morgan fingerprint density at radius 2 is 2.11 bits per heavy atom. The number of nitro benzene ring substituents is 1. The van der Waals surface area contributed by atoms with Gasteiger partial charge in [0.15, 0.2) is 0 Å². The second-order valence-electron chi connectivity index (χ2n) is 3.39. The number of hydrogen-bond donors (Lipinski definition) is 3. The van der Waals surface area contributed by atoms with Gasteiger partial charge in [-0.2, -0.15) is 0 Å². The van der Waals surface area contributed by atoms with E-state index in [-0.39, 0.29) is 17.8 Å². The van der Waals surface area contributed by atoms with E-state index >= 15 is 0 Å². The largest absolute Gasteiger partial charge is 0.387 e. The molecule has 0 aliphatic rings. The van der Waals surface area contributed by atoms with Crippen molar-refractivity contribution in [1.82, 2.24) is 5.32 Å². The van der Waals surface area contributed by atoms with Gasteiger partial charge in [-0.05, 0) is 6.07 Å². The molecule has 0 aliphatic carbocycles. The van der Waals surface area contributed by atoms with E-state index in [0.29, 0.717) is 5.69 Å². The molecule has 1 rings (SSSR count). The zero-order chi connectivity index (χ0) is 13.7. The minimum atomic E-state index is -0.695. The van der Waals surface area contributed by atoms with Crippen LogP contribution in [0.3, 0.4) is 0 Å². The molecule has 1 aromatic rings. The van der Waals surface area contributed by atoms with Gasteiger partial charge >= 0.3 is 0 Å². The Labute approximate surface area is 102 Å². The van der Waals surface area contributed by atoms with Crippen LogP contribution in [0.5, 0.6) is 0 Å². The smallest absolute Gasteiger partial charge is 0.270 e. The van der Waals surface area contributed by atoms with Crippen molar-refractivity contribution in [2.45, 2.75) is 0 Å².